The van der Waals surface area contributed by atoms with Gasteiger partial charge in [-0.05, 0) is 24.6 Å². The summed E-state index contributed by atoms with van der Waals surface area (Å²) in [5.74, 6) is 0.797. The lowest BCUT2D eigenvalue weighted by atomic mass is 10.2. The van der Waals surface area contributed by atoms with Gasteiger partial charge in [0, 0.05) is 16.3 Å². The van der Waals surface area contributed by atoms with Crippen molar-refractivity contribution in [2.45, 2.75) is 21.4 Å². The van der Waals surface area contributed by atoms with Crippen LogP contribution < -0.4 is 5.43 Å². The quantitative estimate of drug-likeness (QED) is 0.253. The lowest BCUT2D eigenvalue weighted by Gasteiger charge is -2.00. The maximum absolute atomic E-state index is 11.9. The molecule has 0 bridgehead atoms. The van der Waals surface area contributed by atoms with Crippen molar-refractivity contribution in [3.63, 3.8) is 0 Å². The molecule has 5 nitrogen and oxygen atoms in total. The van der Waals surface area contributed by atoms with Gasteiger partial charge in [-0.25, -0.2) is 5.43 Å². The van der Waals surface area contributed by atoms with Gasteiger partial charge in [0.2, 0.25) is 0 Å². The van der Waals surface area contributed by atoms with Crippen LogP contribution in [0.25, 0.3) is 0 Å². The molecule has 1 heterocycles. The van der Waals surface area contributed by atoms with Crippen LogP contribution in [0.15, 0.2) is 56.2 Å². The molecule has 10 heteroatoms. The molecule has 3 rings (SSSR count). The molecule has 3 aromatic rings. The van der Waals surface area contributed by atoms with E-state index in [9.17, 15) is 4.79 Å². The zero-order valence-corrected chi connectivity index (χ0v) is 19.2. The Morgan fingerprint density at radius 3 is 2.59 bits per heavy atom. The van der Waals surface area contributed by atoms with Crippen molar-refractivity contribution < 1.29 is 4.79 Å². The molecular formula is C19H16Cl2N4OS3. The highest BCUT2D eigenvalue weighted by atomic mass is 35.5. The van der Waals surface area contributed by atoms with E-state index in [4.69, 9.17) is 23.2 Å². The largest absolute Gasteiger partial charge is 0.272 e. The first-order chi connectivity index (χ1) is 14.0. The van der Waals surface area contributed by atoms with Crippen molar-refractivity contribution in [1.82, 2.24) is 15.6 Å². The van der Waals surface area contributed by atoms with Gasteiger partial charge in [0.25, 0.3) is 5.91 Å². The Labute approximate surface area is 191 Å². The number of benzene rings is 2. The minimum atomic E-state index is -0.236. The number of halogens is 2. The zero-order chi connectivity index (χ0) is 20.6. The second-order valence-corrected chi connectivity index (χ2v) is 10.1. The van der Waals surface area contributed by atoms with Crippen molar-refractivity contribution in [2.24, 2.45) is 5.10 Å². The molecule has 150 valence electrons. The Morgan fingerprint density at radius 1 is 1.14 bits per heavy atom. The molecule has 0 unspecified atom stereocenters. The standard InChI is InChI=1S/C19H16Cl2N4OS3/c1-12-2-4-13(5-3-12)10-27-18-24-25-19(29-18)28-11-17(26)23-22-9-14-6-7-15(20)8-16(14)21/h2-9H,10-11H2,1H3,(H,23,26). The normalized spacial score (nSPS) is 11.1. The molecule has 2 aromatic carbocycles. The molecule has 0 spiro atoms. The predicted molar refractivity (Wildman–Crippen MR) is 124 cm³/mol. The zero-order valence-electron chi connectivity index (χ0n) is 15.3. The topological polar surface area (TPSA) is 67.2 Å². The molecule has 0 radical (unpaired) electrons. The summed E-state index contributed by atoms with van der Waals surface area (Å²) in [6, 6.07) is 13.5. The van der Waals surface area contributed by atoms with Crippen LogP contribution in [0.5, 0.6) is 0 Å². The molecular weight excluding hydrogens is 467 g/mol. The number of aromatic nitrogens is 2. The van der Waals surface area contributed by atoms with Gasteiger partial charge < -0.3 is 0 Å². The fourth-order valence-electron chi connectivity index (χ4n) is 2.08. The van der Waals surface area contributed by atoms with E-state index < -0.39 is 0 Å². The van der Waals surface area contributed by atoms with E-state index >= 15 is 0 Å². The number of nitrogens with zero attached hydrogens (tertiary/aromatic N) is 3. The molecule has 0 aliphatic carbocycles. The van der Waals surface area contributed by atoms with E-state index in [1.54, 1.807) is 30.0 Å². The number of thioether (sulfide) groups is 2. The maximum atomic E-state index is 11.9. The van der Waals surface area contributed by atoms with Crippen molar-refractivity contribution in [1.29, 1.82) is 0 Å². The number of hydrazone groups is 1. The second kappa shape index (κ2) is 11.0. The smallest absolute Gasteiger partial charge is 0.250 e. The fraction of sp³-hybridized carbons (Fsp3) is 0.158. The van der Waals surface area contributed by atoms with Crippen molar-refractivity contribution in [2.75, 3.05) is 5.75 Å². The van der Waals surface area contributed by atoms with E-state index in [-0.39, 0.29) is 11.7 Å². The van der Waals surface area contributed by atoms with Crippen LogP contribution in [0.4, 0.5) is 0 Å². The molecule has 0 saturated heterocycles. The summed E-state index contributed by atoms with van der Waals surface area (Å²) in [5, 5.41) is 13.2. The van der Waals surface area contributed by atoms with Gasteiger partial charge in [0.05, 0.1) is 17.0 Å². The maximum Gasteiger partial charge on any atom is 0.250 e. The van der Waals surface area contributed by atoms with E-state index in [1.807, 2.05) is 0 Å². The van der Waals surface area contributed by atoms with E-state index in [0.29, 0.717) is 15.6 Å². The molecule has 1 N–H and O–H groups in total. The number of amides is 1. The lowest BCUT2D eigenvalue weighted by Crippen LogP contribution is -2.19. The summed E-state index contributed by atoms with van der Waals surface area (Å²) < 4.78 is 1.63. The van der Waals surface area contributed by atoms with Crippen LogP contribution in [-0.4, -0.2) is 28.1 Å². The third kappa shape index (κ3) is 7.31. The summed E-state index contributed by atoms with van der Waals surface area (Å²) in [7, 11) is 0. The molecule has 29 heavy (non-hydrogen) atoms. The van der Waals surface area contributed by atoms with Crippen LogP contribution in [0.1, 0.15) is 16.7 Å². The summed E-state index contributed by atoms with van der Waals surface area (Å²) in [5.41, 5.74) is 5.62. The van der Waals surface area contributed by atoms with Gasteiger partial charge in [-0.15, -0.1) is 10.2 Å². The van der Waals surface area contributed by atoms with Crippen LogP contribution in [-0.2, 0) is 10.5 Å². The van der Waals surface area contributed by atoms with Gasteiger partial charge in [0.1, 0.15) is 0 Å². The van der Waals surface area contributed by atoms with Gasteiger partial charge in [-0.3, -0.25) is 4.79 Å². The lowest BCUT2D eigenvalue weighted by molar-refractivity contribution is -0.118. The van der Waals surface area contributed by atoms with Crippen molar-refractivity contribution in [3.05, 3.63) is 69.2 Å². The highest BCUT2D eigenvalue weighted by Crippen LogP contribution is 2.30. The Balaban J connectivity index is 1.42. The minimum Gasteiger partial charge on any atom is -0.272 e. The molecule has 0 aliphatic heterocycles. The highest BCUT2D eigenvalue weighted by Gasteiger charge is 2.09. The van der Waals surface area contributed by atoms with Gasteiger partial charge in [-0.2, -0.15) is 5.10 Å². The second-order valence-electron chi connectivity index (χ2n) is 5.86. The molecule has 1 aromatic heterocycles. The first-order valence-corrected chi connectivity index (χ1v) is 12.0. The Kier molecular flexibility index (Phi) is 8.38. The van der Waals surface area contributed by atoms with Crippen LogP contribution >= 0.6 is 58.1 Å². The van der Waals surface area contributed by atoms with Gasteiger partial charge in [0.15, 0.2) is 8.68 Å². The number of rotatable bonds is 8. The summed E-state index contributed by atoms with van der Waals surface area (Å²) >= 11 is 16.3. The fourth-order valence-corrected chi connectivity index (χ4v) is 5.31. The number of carbonyl (C=O) groups excluding carboxylic acids is 1. The summed E-state index contributed by atoms with van der Waals surface area (Å²) in [6.07, 6.45) is 1.48. The predicted octanol–water partition coefficient (Wildman–Crippen LogP) is 5.69. The molecule has 0 atom stereocenters. The minimum absolute atomic E-state index is 0.197. The Hall–Kier alpha value is -1.58. The average Bonchev–Trinajstić information content (AvgIpc) is 3.15. The van der Waals surface area contributed by atoms with Gasteiger partial charge in [-0.1, -0.05) is 94.0 Å². The van der Waals surface area contributed by atoms with Crippen LogP contribution in [0, 0.1) is 6.92 Å². The average molecular weight is 483 g/mol. The number of carbonyl (C=O) groups is 1. The number of aryl methyl sites for hydroxylation is 1. The van der Waals surface area contributed by atoms with E-state index in [0.717, 1.165) is 14.4 Å². The highest BCUT2D eigenvalue weighted by molar-refractivity contribution is 8.03. The number of hydrogen-bond donors (Lipinski definition) is 1. The molecule has 0 saturated carbocycles. The monoisotopic (exact) mass is 482 g/mol. The van der Waals surface area contributed by atoms with E-state index in [2.05, 4.69) is 51.9 Å². The van der Waals surface area contributed by atoms with E-state index in [1.165, 1.54) is 40.4 Å². The molecule has 1 amide bonds. The summed E-state index contributed by atoms with van der Waals surface area (Å²) in [6.45, 7) is 2.07. The first-order valence-electron chi connectivity index (χ1n) is 8.41. The Bertz CT molecular complexity index is 1010. The number of nitrogens with one attached hydrogen (secondary N) is 1. The first kappa shape index (κ1) is 22.1. The van der Waals surface area contributed by atoms with Crippen molar-refractivity contribution in [3.8, 4) is 0 Å². The third-order valence-electron chi connectivity index (χ3n) is 3.55. The molecule has 0 aliphatic rings. The van der Waals surface area contributed by atoms with Crippen LogP contribution in [0.2, 0.25) is 10.0 Å². The molecule has 0 fully saturated rings. The van der Waals surface area contributed by atoms with Crippen LogP contribution in [0.3, 0.4) is 0 Å². The van der Waals surface area contributed by atoms with Crippen molar-refractivity contribution >= 4 is 70.2 Å². The Morgan fingerprint density at radius 2 is 1.86 bits per heavy atom. The van der Waals surface area contributed by atoms with Gasteiger partial charge >= 0.3 is 0 Å². The third-order valence-corrected chi connectivity index (χ3v) is 7.38. The SMILES string of the molecule is Cc1ccc(CSc2nnc(SCC(=O)NN=Cc3ccc(Cl)cc3Cl)s2)cc1. The number of hydrogen-bond acceptors (Lipinski definition) is 7. The summed E-state index contributed by atoms with van der Waals surface area (Å²) in [4.78, 5) is 11.9.